The highest BCUT2D eigenvalue weighted by Crippen LogP contribution is 2.17. The topological polar surface area (TPSA) is 17.1 Å². The Morgan fingerprint density at radius 1 is 1.25 bits per heavy atom. The molecule has 0 unspecified atom stereocenters. The van der Waals surface area contributed by atoms with Gasteiger partial charge >= 0.3 is 0 Å². The zero-order valence-electron chi connectivity index (χ0n) is 10.3. The highest BCUT2D eigenvalue weighted by Gasteiger charge is 1.90. The Morgan fingerprint density at radius 2 is 1.88 bits per heavy atom. The summed E-state index contributed by atoms with van der Waals surface area (Å²) in [5, 5.41) is 0. The minimum atomic E-state index is 0.120. The second-order valence-electron chi connectivity index (χ2n) is 2.96. The number of hydrogen-bond acceptors (Lipinski definition) is 2. The number of carbonyl (C=O) groups is 1. The van der Waals surface area contributed by atoms with Crippen molar-refractivity contribution in [2.45, 2.75) is 32.1 Å². The minimum Gasteiger partial charge on any atom is -0.295 e. The Morgan fingerprint density at radius 3 is 2.44 bits per heavy atom. The van der Waals surface area contributed by atoms with Crippen LogP contribution < -0.4 is 0 Å². The lowest BCUT2D eigenvalue weighted by Crippen LogP contribution is -1.81. The van der Waals surface area contributed by atoms with Gasteiger partial charge in [-0.25, -0.2) is 0 Å². The number of hydrogen-bond donors (Lipinski definition) is 0. The summed E-state index contributed by atoms with van der Waals surface area (Å²) in [6.07, 6.45) is 4.50. The lowest BCUT2D eigenvalue weighted by Gasteiger charge is -1.97. The van der Waals surface area contributed by atoms with Crippen LogP contribution in [0, 0.1) is 0 Å². The summed E-state index contributed by atoms with van der Waals surface area (Å²) in [4.78, 5) is 11.9. The van der Waals surface area contributed by atoms with Gasteiger partial charge in [-0.3, -0.25) is 4.79 Å². The van der Waals surface area contributed by atoms with Crippen molar-refractivity contribution >= 4 is 17.5 Å². The maximum Gasteiger partial charge on any atom is 0.152 e. The number of benzene rings is 1. The predicted octanol–water partition coefficient (Wildman–Crippen LogP) is 4.34. The van der Waals surface area contributed by atoms with E-state index in [9.17, 15) is 4.79 Å². The minimum absolute atomic E-state index is 0.120. The third-order valence-corrected chi connectivity index (χ3v) is 2.69. The summed E-state index contributed by atoms with van der Waals surface area (Å²) >= 11 is 1.81. The van der Waals surface area contributed by atoms with E-state index in [1.807, 2.05) is 49.9 Å². The van der Waals surface area contributed by atoms with Gasteiger partial charge in [0.1, 0.15) is 0 Å². The Hall–Kier alpha value is -1.02. The summed E-state index contributed by atoms with van der Waals surface area (Å²) in [6.45, 7) is 5.57. The number of ketones is 1. The van der Waals surface area contributed by atoms with Crippen molar-refractivity contribution in [2.75, 3.05) is 5.75 Å². The SMILES string of the molecule is CC.CC(=O)/C=C/CCSc1ccccc1. The van der Waals surface area contributed by atoms with Crippen molar-refractivity contribution in [3.63, 3.8) is 0 Å². The summed E-state index contributed by atoms with van der Waals surface area (Å²) in [6, 6.07) is 10.3. The van der Waals surface area contributed by atoms with Crippen LogP contribution in [0.2, 0.25) is 0 Å². The van der Waals surface area contributed by atoms with Crippen molar-refractivity contribution in [3.05, 3.63) is 42.5 Å². The molecule has 0 N–H and O–H groups in total. The second kappa shape index (κ2) is 10.5. The lowest BCUT2D eigenvalue weighted by molar-refractivity contribution is -0.112. The molecule has 88 valence electrons. The van der Waals surface area contributed by atoms with Gasteiger partial charge in [-0.1, -0.05) is 38.1 Å². The van der Waals surface area contributed by atoms with Crippen LogP contribution in [0.4, 0.5) is 0 Å². The van der Waals surface area contributed by atoms with Crippen molar-refractivity contribution < 1.29 is 4.79 Å². The molecule has 0 radical (unpaired) electrons. The predicted molar refractivity (Wildman–Crippen MR) is 73.0 cm³/mol. The van der Waals surface area contributed by atoms with Gasteiger partial charge in [0, 0.05) is 10.6 Å². The first-order valence-electron chi connectivity index (χ1n) is 5.64. The van der Waals surface area contributed by atoms with Crippen molar-refractivity contribution in [3.8, 4) is 0 Å². The molecule has 0 saturated carbocycles. The fraction of sp³-hybridized carbons (Fsp3) is 0.357. The average molecular weight is 236 g/mol. The van der Waals surface area contributed by atoms with Crippen molar-refractivity contribution in [1.82, 2.24) is 0 Å². The van der Waals surface area contributed by atoms with Gasteiger partial charge in [-0.15, -0.1) is 11.8 Å². The first kappa shape index (κ1) is 15.0. The summed E-state index contributed by atoms with van der Waals surface area (Å²) in [7, 11) is 0. The van der Waals surface area contributed by atoms with Crippen LogP contribution in [-0.2, 0) is 4.79 Å². The molecule has 1 aromatic rings. The third-order valence-electron chi connectivity index (χ3n) is 1.65. The number of carbonyl (C=O) groups excluding carboxylic acids is 1. The van der Waals surface area contributed by atoms with Crippen LogP contribution in [0.1, 0.15) is 27.2 Å². The molecule has 16 heavy (non-hydrogen) atoms. The standard InChI is InChI=1S/C12H14OS.C2H6/c1-11(13)7-5-6-10-14-12-8-3-2-4-9-12;1-2/h2-5,7-9H,6,10H2,1H3;1-2H3/b7-5+;. The van der Waals surface area contributed by atoms with E-state index in [0.29, 0.717) is 0 Å². The maximum absolute atomic E-state index is 10.6. The first-order chi connectivity index (χ1) is 7.79. The van der Waals surface area contributed by atoms with E-state index >= 15 is 0 Å². The van der Waals surface area contributed by atoms with Crippen LogP contribution in [-0.4, -0.2) is 11.5 Å². The van der Waals surface area contributed by atoms with Crippen molar-refractivity contribution in [2.24, 2.45) is 0 Å². The van der Waals surface area contributed by atoms with Crippen LogP contribution in [0.25, 0.3) is 0 Å². The van der Waals surface area contributed by atoms with Gasteiger partial charge in [0.15, 0.2) is 5.78 Å². The Balaban J connectivity index is 0.00000106. The van der Waals surface area contributed by atoms with Crippen LogP contribution >= 0.6 is 11.8 Å². The van der Waals surface area contributed by atoms with Crippen LogP contribution in [0.5, 0.6) is 0 Å². The summed E-state index contributed by atoms with van der Waals surface area (Å²) in [5.74, 6) is 1.14. The zero-order valence-corrected chi connectivity index (χ0v) is 11.1. The van der Waals surface area contributed by atoms with Gasteiger partial charge in [0.05, 0.1) is 0 Å². The Kier molecular flexibility index (Phi) is 9.83. The van der Waals surface area contributed by atoms with Crippen LogP contribution in [0.15, 0.2) is 47.4 Å². The van der Waals surface area contributed by atoms with E-state index < -0.39 is 0 Å². The van der Waals surface area contributed by atoms with Gasteiger partial charge in [0.25, 0.3) is 0 Å². The highest BCUT2D eigenvalue weighted by atomic mass is 32.2. The molecular weight excluding hydrogens is 216 g/mol. The molecule has 0 fully saturated rings. The first-order valence-corrected chi connectivity index (χ1v) is 6.62. The molecule has 0 aliphatic heterocycles. The fourth-order valence-electron chi connectivity index (χ4n) is 1.01. The summed E-state index contributed by atoms with van der Waals surface area (Å²) < 4.78 is 0. The van der Waals surface area contributed by atoms with Gasteiger partial charge in [-0.05, 0) is 31.6 Å². The largest absolute Gasteiger partial charge is 0.295 e. The number of rotatable bonds is 5. The average Bonchev–Trinajstić information content (AvgIpc) is 2.32. The molecule has 1 nitrogen and oxygen atoms in total. The normalized spacial score (nSPS) is 9.69. The molecule has 0 aromatic heterocycles. The molecule has 1 rings (SSSR count). The molecule has 0 aliphatic carbocycles. The van der Waals surface area contributed by atoms with Gasteiger partial charge in [-0.2, -0.15) is 0 Å². The van der Waals surface area contributed by atoms with E-state index in [0.717, 1.165) is 12.2 Å². The number of allylic oxidation sites excluding steroid dienone is 2. The van der Waals surface area contributed by atoms with E-state index in [1.54, 1.807) is 13.0 Å². The van der Waals surface area contributed by atoms with E-state index in [1.165, 1.54) is 4.90 Å². The maximum atomic E-state index is 10.6. The van der Waals surface area contributed by atoms with E-state index in [-0.39, 0.29) is 5.78 Å². The molecular formula is C14H20OS. The molecule has 0 spiro atoms. The summed E-state index contributed by atoms with van der Waals surface area (Å²) in [5.41, 5.74) is 0. The molecule has 0 amide bonds. The van der Waals surface area contributed by atoms with E-state index in [4.69, 9.17) is 0 Å². The quantitative estimate of drug-likeness (QED) is 0.430. The fourth-order valence-corrected chi connectivity index (χ4v) is 1.85. The molecule has 0 atom stereocenters. The lowest BCUT2D eigenvalue weighted by atomic mass is 10.3. The Bertz CT molecular complexity index is 304. The molecule has 0 bridgehead atoms. The molecule has 1 aromatic carbocycles. The van der Waals surface area contributed by atoms with Gasteiger partial charge in [0.2, 0.25) is 0 Å². The monoisotopic (exact) mass is 236 g/mol. The molecule has 0 saturated heterocycles. The smallest absolute Gasteiger partial charge is 0.152 e. The van der Waals surface area contributed by atoms with Crippen LogP contribution in [0.3, 0.4) is 0 Å². The highest BCUT2D eigenvalue weighted by molar-refractivity contribution is 7.99. The molecule has 0 heterocycles. The number of thioether (sulfide) groups is 1. The van der Waals surface area contributed by atoms with Gasteiger partial charge < -0.3 is 0 Å². The molecule has 0 aliphatic rings. The second-order valence-corrected chi connectivity index (χ2v) is 4.13. The van der Waals surface area contributed by atoms with Crippen molar-refractivity contribution in [1.29, 1.82) is 0 Å². The molecule has 2 heteroatoms. The third kappa shape index (κ3) is 8.30. The van der Waals surface area contributed by atoms with E-state index in [2.05, 4.69) is 12.1 Å². The zero-order chi connectivity index (χ0) is 12.2. The Labute approximate surface area is 103 Å².